The first kappa shape index (κ1) is 11.5. The predicted octanol–water partition coefficient (Wildman–Crippen LogP) is 3.24. The molecule has 0 bridgehead atoms. The molecule has 3 fully saturated rings. The Morgan fingerprint density at radius 2 is 2.16 bits per heavy atom. The SMILES string of the molecule is CC(CC1CC1)C1C(C#N)C1c1nc(C2CC2)no1. The highest BCUT2D eigenvalue weighted by Crippen LogP contribution is 2.59. The van der Waals surface area contributed by atoms with Crippen LogP contribution in [0.15, 0.2) is 4.52 Å². The molecule has 3 saturated carbocycles. The number of nitriles is 1. The Morgan fingerprint density at radius 3 is 2.79 bits per heavy atom. The van der Waals surface area contributed by atoms with Gasteiger partial charge < -0.3 is 4.52 Å². The summed E-state index contributed by atoms with van der Waals surface area (Å²) < 4.78 is 5.41. The van der Waals surface area contributed by atoms with Crippen LogP contribution in [0.3, 0.4) is 0 Å². The number of hydrogen-bond donors (Lipinski definition) is 0. The van der Waals surface area contributed by atoms with E-state index in [1.54, 1.807) is 0 Å². The maximum atomic E-state index is 9.30. The Balaban J connectivity index is 1.48. The molecular formula is C15H19N3O. The number of hydrogen-bond acceptors (Lipinski definition) is 4. The van der Waals surface area contributed by atoms with Gasteiger partial charge in [0.15, 0.2) is 5.82 Å². The minimum atomic E-state index is 0.0984. The summed E-state index contributed by atoms with van der Waals surface area (Å²) >= 11 is 0. The smallest absolute Gasteiger partial charge is 0.231 e. The van der Waals surface area contributed by atoms with Crippen molar-refractivity contribution in [2.75, 3.05) is 0 Å². The Bertz CT molecular complexity index is 524. The monoisotopic (exact) mass is 257 g/mol. The van der Waals surface area contributed by atoms with E-state index in [0.29, 0.717) is 17.8 Å². The first-order valence-electron chi connectivity index (χ1n) is 7.51. The minimum Gasteiger partial charge on any atom is -0.339 e. The van der Waals surface area contributed by atoms with Crippen LogP contribution in [0, 0.1) is 35.0 Å². The minimum absolute atomic E-state index is 0.0984. The van der Waals surface area contributed by atoms with Crippen LogP contribution in [0.5, 0.6) is 0 Å². The molecule has 0 aromatic carbocycles. The summed E-state index contributed by atoms with van der Waals surface area (Å²) in [5.74, 6) is 4.39. The third-order valence-electron chi connectivity index (χ3n) is 4.97. The van der Waals surface area contributed by atoms with Crippen molar-refractivity contribution >= 4 is 0 Å². The van der Waals surface area contributed by atoms with Crippen LogP contribution < -0.4 is 0 Å². The normalized spacial score (nSPS) is 34.8. The van der Waals surface area contributed by atoms with Gasteiger partial charge in [-0.3, -0.25) is 0 Å². The highest BCUT2D eigenvalue weighted by Gasteiger charge is 2.57. The highest BCUT2D eigenvalue weighted by molar-refractivity contribution is 5.23. The predicted molar refractivity (Wildman–Crippen MR) is 68.1 cm³/mol. The van der Waals surface area contributed by atoms with Crippen molar-refractivity contribution < 1.29 is 4.52 Å². The van der Waals surface area contributed by atoms with Gasteiger partial charge in [0.05, 0.1) is 17.9 Å². The van der Waals surface area contributed by atoms with Crippen LogP contribution in [0.2, 0.25) is 0 Å². The van der Waals surface area contributed by atoms with Crippen molar-refractivity contribution in [3.8, 4) is 6.07 Å². The largest absolute Gasteiger partial charge is 0.339 e. The van der Waals surface area contributed by atoms with E-state index in [4.69, 9.17) is 4.52 Å². The Labute approximate surface area is 113 Å². The number of nitrogens with zero attached hydrogens (tertiary/aromatic N) is 3. The van der Waals surface area contributed by atoms with E-state index in [1.807, 2.05) is 0 Å². The van der Waals surface area contributed by atoms with Crippen molar-refractivity contribution in [3.63, 3.8) is 0 Å². The van der Waals surface area contributed by atoms with E-state index in [2.05, 4.69) is 23.1 Å². The lowest BCUT2D eigenvalue weighted by molar-refractivity contribution is 0.356. The molecule has 1 aromatic rings. The van der Waals surface area contributed by atoms with Gasteiger partial charge in [-0.15, -0.1) is 0 Å². The maximum absolute atomic E-state index is 9.30. The van der Waals surface area contributed by atoms with Gasteiger partial charge in [0.2, 0.25) is 5.89 Å². The van der Waals surface area contributed by atoms with E-state index in [9.17, 15) is 5.26 Å². The molecule has 4 rings (SSSR count). The molecule has 19 heavy (non-hydrogen) atoms. The van der Waals surface area contributed by atoms with Crippen molar-refractivity contribution in [2.45, 2.75) is 50.9 Å². The second-order valence-electron chi connectivity index (χ2n) is 6.68. The molecule has 4 atom stereocenters. The molecule has 0 radical (unpaired) electrons. The summed E-state index contributed by atoms with van der Waals surface area (Å²) in [7, 11) is 0. The van der Waals surface area contributed by atoms with E-state index in [-0.39, 0.29) is 11.8 Å². The average molecular weight is 257 g/mol. The second kappa shape index (κ2) is 4.06. The van der Waals surface area contributed by atoms with Gasteiger partial charge in [-0.05, 0) is 37.0 Å². The lowest BCUT2D eigenvalue weighted by Crippen LogP contribution is -2.01. The Morgan fingerprint density at radius 1 is 1.37 bits per heavy atom. The molecule has 0 N–H and O–H groups in total. The summed E-state index contributed by atoms with van der Waals surface area (Å²) in [5, 5.41) is 13.4. The molecule has 100 valence electrons. The summed E-state index contributed by atoms with van der Waals surface area (Å²) in [6, 6.07) is 2.44. The number of rotatable bonds is 5. The second-order valence-corrected chi connectivity index (χ2v) is 6.68. The van der Waals surface area contributed by atoms with Crippen molar-refractivity contribution in [1.29, 1.82) is 5.26 Å². The lowest BCUT2D eigenvalue weighted by Gasteiger charge is -2.08. The van der Waals surface area contributed by atoms with Gasteiger partial charge in [0.1, 0.15) is 0 Å². The van der Waals surface area contributed by atoms with Crippen LogP contribution in [-0.4, -0.2) is 10.1 Å². The Kier molecular flexibility index (Phi) is 2.45. The number of aromatic nitrogens is 2. The molecule has 4 heteroatoms. The van der Waals surface area contributed by atoms with E-state index in [1.165, 1.54) is 32.1 Å². The van der Waals surface area contributed by atoms with Crippen molar-refractivity contribution in [3.05, 3.63) is 11.7 Å². The summed E-state index contributed by atoms with van der Waals surface area (Å²) in [5.41, 5.74) is 0. The quantitative estimate of drug-likeness (QED) is 0.812. The van der Waals surface area contributed by atoms with Gasteiger partial charge >= 0.3 is 0 Å². The van der Waals surface area contributed by atoms with Gasteiger partial charge in [-0.25, -0.2) is 0 Å². The molecule has 3 aliphatic rings. The molecule has 0 amide bonds. The fourth-order valence-electron chi connectivity index (χ4n) is 3.45. The molecule has 3 aliphatic carbocycles. The molecule has 0 saturated heterocycles. The lowest BCUT2D eigenvalue weighted by atomic mass is 9.97. The molecule has 4 nitrogen and oxygen atoms in total. The summed E-state index contributed by atoms with van der Waals surface area (Å²) in [4.78, 5) is 4.53. The standard InChI is InChI=1S/C15H19N3O/c1-8(6-9-2-3-9)12-11(7-16)13(12)15-17-14(18-19-15)10-4-5-10/h8-13H,2-6H2,1H3. The van der Waals surface area contributed by atoms with Gasteiger partial charge in [-0.1, -0.05) is 24.9 Å². The molecule has 0 aliphatic heterocycles. The zero-order valence-electron chi connectivity index (χ0n) is 11.2. The first-order chi connectivity index (χ1) is 9.28. The molecule has 1 aromatic heterocycles. The van der Waals surface area contributed by atoms with Crippen LogP contribution in [-0.2, 0) is 0 Å². The van der Waals surface area contributed by atoms with Crippen LogP contribution in [0.4, 0.5) is 0 Å². The van der Waals surface area contributed by atoms with Crippen LogP contribution >= 0.6 is 0 Å². The third-order valence-corrected chi connectivity index (χ3v) is 4.97. The molecule has 4 unspecified atom stereocenters. The molecule has 0 spiro atoms. The fraction of sp³-hybridized carbons (Fsp3) is 0.800. The highest BCUT2D eigenvalue weighted by atomic mass is 16.5. The van der Waals surface area contributed by atoms with Gasteiger partial charge in [-0.2, -0.15) is 10.2 Å². The van der Waals surface area contributed by atoms with Crippen molar-refractivity contribution in [2.24, 2.45) is 23.7 Å². The first-order valence-corrected chi connectivity index (χ1v) is 7.51. The van der Waals surface area contributed by atoms with E-state index >= 15 is 0 Å². The summed E-state index contributed by atoms with van der Waals surface area (Å²) in [6.07, 6.45) is 6.40. The Hall–Kier alpha value is -1.37. The van der Waals surface area contributed by atoms with Crippen molar-refractivity contribution in [1.82, 2.24) is 10.1 Å². The average Bonchev–Trinajstić information content (AvgIpc) is 3.27. The van der Waals surface area contributed by atoms with Crippen LogP contribution in [0.25, 0.3) is 0 Å². The van der Waals surface area contributed by atoms with E-state index in [0.717, 1.165) is 17.6 Å². The topological polar surface area (TPSA) is 62.7 Å². The summed E-state index contributed by atoms with van der Waals surface area (Å²) in [6.45, 7) is 2.28. The van der Waals surface area contributed by atoms with Crippen LogP contribution in [0.1, 0.15) is 62.6 Å². The van der Waals surface area contributed by atoms with E-state index < -0.39 is 0 Å². The maximum Gasteiger partial charge on any atom is 0.231 e. The van der Waals surface area contributed by atoms with Gasteiger partial charge in [0, 0.05) is 5.92 Å². The zero-order chi connectivity index (χ0) is 13.0. The fourth-order valence-corrected chi connectivity index (χ4v) is 3.45. The zero-order valence-corrected chi connectivity index (χ0v) is 11.2. The van der Waals surface area contributed by atoms with Gasteiger partial charge in [0.25, 0.3) is 0 Å². The third kappa shape index (κ3) is 2.05. The molecular weight excluding hydrogens is 238 g/mol. The molecule has 1 heterocycles.